The van der Waals surface area contributed by atoms with Crippen LogP contribution in [0.1, 0.15) is 213 Å². The number of hydrogen-bond acceptors (Lipinski definition) is 12. The SMILES string of the molecule is Cc1cc(C)c(O)c(C(c2cc(C)c(O)c(C)c2)c2cc(C)c(O)c(C)c2)c1.Cc1cc(C)c(O)c(C(c2cc(C)c(O)cc2C)c2cc(C)c(O)cc2C)c1.Cc1ccc(O)c(C(c2cc(C)c(O)c(C)c2)c2cc(C)c(O)c(C)c2)c1.Cc1ccc(O)c(C(c2cc(C)c(O)cc2C)c2cc(C)c(O)cc2C)c1. The van der Waals surface area contributed by atoms with E-state index in [1.165, 1.54) is 0 Å². The van der Waals surface area contributed by atoms with E-state index in [0.717, 1.165) is 189 Å². The van der Waals surface area contributed by atoms with E-state index in [-0.39, 0.29) is 69.7 Å². The van der Waals surface area contributed by atoms with Gasteiger partial charge in [0.05, 0.1) is 0 Å². The van der Waals surface area contributed by atoms with Gasteiger partial charge in [0.2, 0.25) is 0 Å². The molecule has 0 bridgehead atoms. The first kappa shape index (κ1) is 82.3. The molecule has 12 aromatic carbocycles. The lowest BCUT2D eigenvalue weighted by molar-refractivity contribution is 0.461. The molecule has 0 aliphatic heterocycles. The Labute approximate surface area is 649 Å². The standard InChI is InChI=1S/2C25H28O3.2C24H26O3/c1-13-7-18(6)25(28)21(8-13)24(19-9-16(4)22(26)11-14(19)2)20-10-17(5)23(27)12-15(20)3;1-13-7-14(2)25(28)21(8-13)22(19-9-15(3)23(26)16(4)10-19)20-11-17(5)24(27)18(6)12-20;1-13-6-7-21(25)20(8-13)24(18-9-16(4)22(26)11-14(18)2)19-10-17(5)23(27)12-15(19)3;1-13-6-7-21(25)20(8-13)22(18-9-14(2)23(26)15(3)10-18)19-11-16(4)24(27)17(5)12-19/h7-12,24,26-28H,1-6H3;7-12,22,26-28H,1-6H3;6-12,24-27H,1-5H3;6-12,22,25-27H,1-5H3. The number of phenolic OH excluding ortho intramolecular Hbond substituents is 12. The van der Waals surface area contributed by atoms with Crippen molar-refractivity contribution in [2.45, 2.75) is 176 Å². The third kappa shape index (κ3) is 17.7. The summed E-state index contributed by atoms with van der Waals surface area (Å²) < 4.78 is 0. The van der Waals surface area contributed by atoms with E-state index >= 15 is 0 Å². The quantitative estimate of drug-likeness (QED) is 0.0511. The number of aryl methyl sites for hydroxylation is 22. The van der Waals surface area contributed by atoms with Gasteiger partial charge in [-0.3, -0.25) is 0 Å². The molecule has 0 heterocycles. The molecule has 0 radical (unpaired) electrons. The molecule has 0 aliphatic rings. The monoisotopic (exact) mass is 1480 g/mol. The van der Waals surface area contributed by atoms with Gasteiger partial charge in [0.15, 0.2) is 0 Å². The second-order valence-electron chi connectivity index (χ2n) is 30.9. The van der Waals surface area contributed by atoms with Crippen LogP contribution in [0.25, 0.3) is 0 Å². The van der Waals surface area contributed by atoms with Crippen molar-refractivity contribution >= 4 is 0 Å². The number of benzene rings is 12. The summed E-state index contributed by atoms with van der Waals surface area (Å²) in [5, 5.41) is 124. The van der Waals surface area contributed by atoms with Gasteiger partial charge in [-0.1, -0.05) is 144 Å². The molecule has 0 saturated carbocycles. The number of rotatable bonds is 12. The van der Waals surface area contributed by atoms with Gasteiger partial charge in [0, 0.05) is 45.9 Å². The van der Waals surface area contributed by atoms with Crippen molar-refractivity contribution in [2.75, 3.05) is 0 Å². The highest BCUT2D eigenvalue weighted by Crippen LogP contribution is 2.48. The molecule has 0 fully saturated rings. The smallest absolute Gasteiger partial charge is 0.122 e. The predicted molar refractivity (Wildman–Crippen MR) is 445 cm³/mol. The Bertz CT molecular complexity index is 5200. The van der Waals surface area contributed by atoms with Gasteiger partial charge in [0.25, 0.3) is 0 Å². The predicted octanol–water partition coefficient (Wildman–Crippen LogP) is 22.7. The van der Waals surface area contributed by atoms with Crippen LogP contribution in [0.3, 0.4) is 0 Å². The molecule has 0 aliphatic carbocycles. The summed E-state index contributed by atoms with van der Waals surface area (Å²) in [6, 6.07) is 50.0. The Balaban J connectivity index is 0.000000169. The Morgan fingerprint density at radius 3 is 0.600 bits per heavy atom. The summed E-state index contributed by atoms with van der Waals surface area (Å²) in [4.78, 5) is 0. The fourth-order valence-corrected chi connectivity index (χ4v) is 15.5. The molecule has 0 atom stereocenters. The summed E-state index contributed by atoms with van der Waals surface area (Å²) in [5.41, 5.74) is 30.7. The van der Waals surface area contributed by atoms with Gasteiger partial charge < -0.3 is 61.3 Å². The Kier molecular flexibility index (Phi) is 25.0. The first-order chi connectivity index (χ1) is 51.6. The van der Waals surface area contributed by atoms with E-state index in [2.05, 4.69) is 0 Å². The molecule has 12 rings (SSSR count). The third-order valence-electron chi connectivity index (χ3n) is 21.5. The second kappa shape index (κ2) is 33.4. The van der Waals surface area contributed by atoms with Gasteiger partial charge in [-0.15, -0.1) is 0 Å². The Morgan fingerprint density at radius 2 is 0.345 bits per heavy atom. The van der Waals surface area contributed by atoms with Crippen LogP contribution in [0.5, 0.6) is 69.0 Å². The number of phenols is 12. The van der Waals surface area contributed by atoms with Crippen LogP contribution in [-0.2, 0) is 0 Å². The van der Waals surface area contributed by atoms with Gasteiger partial charge in [-0.2, -0.15) is 0 Å². The van der Waals surface area contributed by atoms with E-state index in [4.69, 9.17) is 0 Å². The largest absolute Gasteiger partial charge is 0.508 e. The van der Waals surface area contributed by atoms with Crippen molar-refractivity contribution in [3.8, 4) is 69.0 Å². The molecule has 12 N–H and O–H groups in total. The van der Waals surface area contributed by atoms with Gasteiger partial charge in [-0.25, -0.2) is 0 Å². The first-order valence-corrected chi connectivity index (χ1v) is 37.2. The summed E-state index contributed by atoms with van der Waals surface area (Å²) >= 11 is 0. The van der Waals surface area contributed by atoms with Crippen LogP contribution in [0.4, 0.5) is 0 Å². The highest BCUT2D eigenvalue weighted by atomic mass is 16.3. The third-order valence-corrected chi connectivity index (χ3v) is 21.5. The summed E-state index contributed by atoms with van der Waals surface area (Å²) in [7, 11) is 0. The minimum Gasteiger partial charge on any atom is -0.508 e. The van der Waals surface area contributed by atoms with Crippen LogP contribution >= 0.6 is 0 Å². The van der Waals surface area contributed by atoms with Crippen LogP contribution in [-0.4, -0.2) is 61.3 Å². The van der Waals surface area contributed by atoms with Crippen molar-refractivity contribution in [3.63, 3.8) is 0 Å². The average Bonchev–Trinajstić information content (AvgIpc) is 0.788. The van der Waals surface area contributed by atoms with E-state index in [1.807, 2.05) is 274 Å². The molecule has 0 amide bonds. The number of aromatic hydroxyl groups is 12. The van der Waals surface area contributed by atoms with Gasteiger partial charge in [0.1, 0.15) is 69.0 Å². The molecule has 12 nitrogen and oxygen atoms in total. The molecule has 572 valence electrons. The zero-order valence-corrected chi connectivity index (χ0v) is 67.7. The van der Waals surface area contributed by atoms with Gasteiger partial charge in [-0.05, 0) is 333 Å². The number of hydrogen-bond donors (Lipinski definition) is 12. The topological polar surface area (TPSA) is 243 Å². The Hall–Kier alpha value is -11.8. The van der Waals surface area contributed by atoms with Crippen LogP contribution in [0.15, 0.2) is 158 Å². The maximum Gasteiger partial charge on any atom is 0.122 e. The molecule has 0 spiro atoms. The van der Waals surface area contributed by atoms with Crippen molar-refractivity contribution < 1.29 is 61.3 Å². The zero-order chi connectivity index (χ0) is 81.3. The maximum absolute atomic E-state index is 10.9. The highest BCUT2D eigenvalue weighted by molar-refractivity contribution is 5.63. The molecule has 12 aromatic rings. The average molecular weight is 1480 g/mol. The summed E-state index contributed by atoms with van der Waals surface area (Å²) in [6.07, 6.45) is 0. The fraction of sp³-hybridized carbons (Fsp3) is 0.265. The van der Waals surface area contributed by atoms with Crippen LogP contribution in [0.2, 0.25) is 0 Å². The lowest BCUT2D eigenvalue weighted by atomic mass is 9.79. The summed E-state index contributed by atoms with van der Waals surface area (Å²) in [5.74, 6) is 2.45. The van der Waals surface area contributed by atoms with E-state index < -0.39 is 0 Å². The highest BCUT2D eigenvalue weighted by Gasteiger charge is 2.30. The minimum absolute atomic E-state index is 0.205. The molecular formula is C98H108O12. The van der Waals surface area contributed by atoms with Crippen molar-refractivity contribution in [3.05, 3.63) is 347 Å². The first-order valence-electron chi connectivity index (χ1n) is 37.2. The van der Waals surface area contributed by atoms with Crippen LogP contribution in [0, 0.1) is 152 Å². The van der Waals surface area contributed by atoms with E-state index in [9.17, 15) is 61.3 Å². The molecule has 0 saturated heterocycles. The lowest BCUT2D eigenvalue weighted by Gasteiger charge is -2.26. The molecule has 110 heavy (non-hydrogen) atoms. The minimum atomic E-state index is -0.213. The van der Waals surface area contributed by atoms with Crippen molar-refractivity contribution in [1.82, 2.24) is 0 Å². The molecular weight excluding hydrogens is 1370 g/mol. The van der Waals surface area contributed by atoms with Crippen molar-refractivity contribution in [2.24, 2.45) is 0 Å². The van der Waals surface area contributed by atoms with E-state index in [1.54, 1.807) is 36.4 Å². The van der Waals surface area contributed by atoms with Gasteiger partial charge >= 0.3 is 0 Å². The Morgan fingerprint density at radius 1 is 0.145 bits per heavy atom. The zero-order valence-electron chi connectivity index (χ0n) is 67.7. The van der Waals surface area contributed by atoms with Crippen molar-refractivity contribution in [1.29, 1.82) is 0 Å². The summed E-state index contributed by atoms with van der Waals surface area (Å²) in [6.45, 7) is 42.3. The van der Waals surface area contributed by atoms with Crippen LogP contribution < -0.4 is 0 Å². The molecule has 0 aromatic heterocycles. The molecule has 12 heteroatoms. The van der Waals surface area contributed by atoms with E-state index in [0.29, 0.717) is 23.0 Å². The lowest BCUT2D eigenvalue weighted by Crippen LogP contribution is -2.09. The fourth-order valence-electron chi connectivity index (χ4n) is 15.5. The normalized spacial score (nSPS) is 11.2. The molecule has 0 unspecified atom stereocenters. The second-order valence-corrected chi connectivity index (χ2v) is 30.9. The maximum atomic E-state index is 10.9.